The van der Waals surface area contributed by atoms with Gasteiger partial charge in [0.25, 0.3) is 0 Å². The zero-order valence-electron chi connectivity index (χ0n) is 12.3. The average Bonchev–Trinajstić information content (AvgIpc) is 2.37. The molecule has 0 bridgehead atoms. The van der Waals surface area contributed by atoms with Crippen molar-refractivity contribution in [3.05, 3.63) is 34.9 Å². The summed E-state index contributed by atoms with van der Waals surface area (Å²) in [5.41, 5.74) is 9.47. The van der Waals surface area contributed by atoms with Gasteiger partial charge in [-0.25, -0.2) is 0 Å². The molecule has 0 aliphatic carbocycles. The Morgan fingerprint density at radius 1 is 1.37 bits per heavy atom. The van der Waals surface area contributed by atoms with Crippen molar-refractivity contribution in [2.24, 2.45) is 10.9 Å². The van der Waals surface area contributed by atoms with Crippen LogP contribution in [0.15, 0.2) is 23.4 Å². The summed E-state index contributed by atoms with van der Waals surface area (Å²) in [5, 5.41) is 11.6. The highest BCUT2D eigenvalue weighted by Gasteiger charge is 2.12. The monoisotopic (exact) mass is 263 g/mol. The Balaban J connectivity index is 2.75. The molecule has 1 aromatic rings. The van der Waals surface area contributed by atoms with Crippen molar-refractivity contribution >= 4 is 5.84 Å². The largest absolute Gasteiger partial charge is 0.409 e. The summed E-state index contributed by atoms with van der Waals surface area (Å²) in [6.07, 6.45) is 0.583. The first-order valence-electron chi connectivity index (χ1n) is 6.70. The molecule has 0 atom stereocenters. The molecule has 0 fully saturated rings. The van der Waals surface area contributed by atoms with Crippen molar-refractivity contribution in [3.63, 3.8) is 0 Å². The van der Waals surface area contributed by atoms with Gasteiger partial charge in [0.15, 0.2) is 0 Å². The number of hydrogen-bond donors (Lipinski definition) is 2. The van der Waals surface area contributed by atoms with Crippen molar-refractivity contribution in [2.45, 2.75) is 46.7 Å². The Kier molecular flexibility index (Phi) is 5.83. The third kappa shape index (κ3) is 4.91. The number of hydrogen-bond acceptors (Lipinski definition) is 3. The molecule has 4 heteroatoms. The molecule has 1 aromatic carbocycles. The van der Waals surface area contributed by atoms with Gasteiger partial charge >= 0.3 is 0 Å². The molecule has 1 rings (SSSR count). The maximum absolute atomic E-state index is 8.60. The van der Waals surface area contributed by atoms with Crippen LogP contribution in [0.2, 0.25) is 0 Å². The molecule has 0 aliphatic rings. The van der Waals surface area contributed by atoms with Crippen LogP contribution in [0, 0.1) is 13.8 Å². The second-order valence-corrected chi connectivity index (χ2v) is 5.34. The number of nitrogens with two attached hydrogens (primary N) is 1. The summed E-state index contributed by atoms with van der Waals surface area (Å²) < 4.78 is 0. The van der Waals surface area contributed by atoms with Crippen LogP contribution in [-0.2, 0) is 6.54 Å². The maximum Gasteiger partial charge on any atom is 0.140 e. The highest BCUT2D eigenvalue weighted by molar-refractivity contribution is 5.79. The van der Waals surface area contributed by atoms with E-state index >= 15 is 0 Å². The number of rotatable bonds is 6. The molecule has 0 aliphatic heterocycles. The van der Waals surface area contributed by atoms with Crippen LogP contribution in [0.5, 0.6) is 0 Å². The minimum atomic E-state index is 0.284. The normalized spacial score (nSPS) is 12.4. The molecule has 19 heavy (non-hydrogen) atoms. The first-order valence-corrected chi connectivity index (χ1v) is 6.70. The lowest BCUT2D eigenvalue weighted by molar-refractivity contribution is 0.217. The number of aryl methyl sites for hydroxylation is 2. The molecule has 0 heterocycles. The quantitative estimate of drug-likeness (QED) is 0.359. The molecule has 3 N–H and O–H groups in total. The Morgan fingerprint density at radius 2 is 2.05 bits per heavy atom. The number of nitrogens with zero attached hydrogens (tertiary/aromatic N) is 2. The van der Waals surface area contributed by atoms with Crippen molar-refractivity contribution in [1.29, 1.82) is 0 Å². The second-order valence-electron chi connectivity index (χ2n) is 5.34. The average molecular weight is 263 g/mol. The van der Waals surface area contributed by atoms with Crippen molar-refractivity contribution in [1.82, 2.24) is 4.90 Å². The third-order valence-corrected chi connectivity index (χ3v) is 3.39. The molecular weight excluding hydrogens is 238 g/mol. The van der Waals surface area contributed by atoms with Crippen molar-refractivity contribution < 1.29 is 5.21 Å². The molecule has 0 radical (unpaired) electrons. The van der Waals surface area contributed by atoms with Crippen molar-refractivity contribution in [2.75, 3.05) is 6.54 Å². The van der Waals surface area contributed by atoms with Gasteiger partial charge in [0.1, 0.15) is 5.84 Å². The fourth-order valence-corrected chi connectivity index (χ4v) is 2.02. The Morgan fingerprint density at radius 3 is 2.63 bits per heavy atom. The van der Waals surface area contributed by atoms with E-state index in [1.165, 1.54) is 16.7 Å². The van der Waals surface area contributed by atoms with Crippen LogP contribution in [-0.4, -0.2) is 28.5 Å². The van der Waals surface area contributed by atoms with Crippen LogP contribution in [0.1, 0.15) is 37.0 Å². The minimum absolute atomic E-state index is 0.284. The van der Waals surface area contributed by atoms with Crippen LogP contribution in [0.25, 0.3) is 0 Å². The third-order valence-electron chi connectivity index (χ3n) is 3.39. The van der Waals surface area contributed by atoms with E-state index in [1.807, 2.05) is 0 Å². The molecule has 106 valence electrons. The zero-order valence-corrected chi connectivity index (χ0v) is 12.3. The van der Waals surface area contributed by atoms with E-state index in [4.69, 9.17) is 10.9 Å². The summed E-state index contributed by atoms with van der Waals surface area (Å²) in [7, 11) is 0. The van der Waals surface area contributed by atoms with Crippen LogP contribution in [0.3, 0.4) is 0 Å². The standard InChI is InChI=1S/C15H25N3O/c1-11(2)18(8-7-15(16)17-19)10-14-9-12(3)5-6-13(14)4/h5-6,9,11,19H,7-8,10H2,1-4H3,(H2,16,17). The molecule has 0 unspecified atom stereocenters. The van der Waals surface area contributed by atoms with Gasteiger partial charge in [0.2, 0.25) is 0 Å². The predicted octanol–water partition coefficient (Wildman–Crippen LogP) is 2.65. The Hall–Kier alpha value is -1.55. The highest BCUT2D eigenvalue weighted by Crippen LogP contribution is 2.15. The first kappa shape index (κ1) is 15.5. The van der Waals surface area contributed by atoms with Crippen LogP contribution >= 0.6 is 0 Å². The molecule has 0 spiro atoms. The summed E-state index contributed by atoms with van der Waals surface area (Å²) in [6, 6.07) is 6.95. The predicted molar refractivity (Wildman–Crippen MR) is 79.5 cm³/mol. The molecule has 0 amide bonds. The topological polar surface area (TPSA) is 61.8 Å². The maximum atomic E-state index is 8.60. The van der Waals surface area contributed by atoms with E-state index in [1.54, 1.807) is 0 Å². The SMILES string of the molecule is Cc1ccc(C)c(CN(CC/C(N)=N/O)C(C)C)c1. The van der Waals surface area contributed by atoms with Crippen LogP contribution in [0.4, 0.5) is 0 Å². The smallest absolute Gasteiger partial charge is 0.140 e. The summed E-state index contributed by atoms with van der Waals surface area (Å²) in [6.45, 7) is 10.3. The van der Waals surface area contributed by atoms with E-state index in [9.17, 15) is 0 Å². The van der Waals surface area contributed by atoms with Gasteiger partial charge in [-0.15, -0.1) is 0 Å². The Bertz CT molecular complexity index is 441. The van der Waals surface area contributed by atoms with Gasteiger partial charge in [-0.1, -0.05) is 28.9 Å². The van der Waals surface area contributed by atoms with Gasteiger partial charge in [-0.3, -0.25) is 4.90 Å². The van der Waals surface area contributed by atoms with Gasteiger partial charge in [-0.2, -0.15) is 0 Å². The zero-order chi connectivity index (χ0) is 14.4. The van der Waals surface area contributed by atoms with E-state index in [0.717, 1.165) is 13.1 Å². The summed E-state index contributed by atoms with van der Waals surface area (Å²) in [4.78, 5) is 2.33. The highest BCUT2D eigenvalue weighted by atomic mass is 16.4. The minimum Gasteiger partial charge on any atom is -0.409 e. The summed E-state index contributed by atoms with van der Waals surface area (Å²) in [5.74, 6) is 0.284. The molecule has 0 saturated heterocycles. The lowest BCUT2D eigenvalue weighted by Crippen LogP contribution is -2.33. The lowest BCUT2D eigenvalue weighted by Gasteiger charge is -2.27. The van der Waals surface area contributed by atoms with E-state index in [-0.39, 0.29) is 5.84 Å². The fourth-order valence-electron chi connectivity index (χ4n) is 2.02. The fraction of sp³-hybridized carbons (Fsp3) is 0.533. The van der Waals surface area contributed by atoms with Gasteiger partial charge in [-0.05, 0) is 38.8 Å². The van der Waals surface area contributed by atoms with Gasteiger partial charge in [0.05, 0.1) is 0 Å². The molecule has 0 saturated carbocycles. The number of benzene rings is 1. The lowest BCUT2D eigenvalue weighted by atomic mass is 10.0. The second kappa shape index (κ2) is 7.14. The Labute approximate surface area is 115 Å². The number of amidine groups is 1. The van der Waals surface area contributed by atoms with Crippen LogP contribution < -0.4 is 5.73 Å². The molecule has 0 aromatic heterocycles. The first-order chi connectivity index (χ1) is 8.93. The van der Waals surface area contributed by atoms with E-state index < -0.39 is 0 Å². The van der Waals surface area contributed by atoms with Crippen molar-refractivity contribution in [3.8, 4) is 0 Å². The molecule has 4 nitrogen and oxygen atoms in total. The van der Waals surface area contributed by atoms with E-state index in [0.29, 0.717) is 12.5 Å². The molecular formula is C15H25N3O. The van der Waals surface area contributed by atoms with E-state index in [2.05, 4.69) is 55.9 Å². The number of oxime groups is 1. The summed E-state index contributed by atoms with van der Waals surface area (Å²) >= 11 is 0. The van der Waals surface area contributed by atoms with Gasteiger partial charge in [0, 0.05) is 25.6 Å². The van der Waals surface area contributed by atoms with Gasteiger partial charge < -0.3 is 10.9 Å².